The molecule has 0 saturated carbocycles. The van der Waals surface area contributed by atoms with Crippen LogP contribution in [-0.4, -0.2) is 47.4 Å². The standard InChI is InChI=1S/C23H24N6O3/c1-32-20-12-14(6-7-19(20)29-10-8-15(30)9-11-29)25-22-24-13-18-21(28-22)16-4-2-3-5-17(16)26-23(31)27-18/h2-7,12-13,15,30H,8-11H2,1H3,(H,24,25,28)(H2,26,27,31). The Balaban J connectivity index is 1.43. The highest BCUT2D eigenvalue weighted by Gasteiger charge is 2.22. The summed E-state index contributed by atoms with van der Waals surface area (Å²) in [5.74, 6) is 1.15. The second-order valence-electron chi connectivity index (χ2n) is 7.81. The molecule has 2 aliphatic rings. The van der Waals surface area contributed by atoms with Crippen molar-refractivity contribution in [2.24, 2.45) is 0 Å². The first-order valence-corrected chi connectivity index (χ1v) is 10.5. The van der Waals surface area contributed by atoms with Crippen LogP contribution in [0, 0.1) is 0 Å². The first kappa shape index (κ1) is 20.1. The van der Waals surface area contributed by atoms with E-state index in [-0.39, 0.29) is 12.1 Å². The van der Waals surface area contributed by atoms with E-state index < -0.39 is 0 Å². The lowest BCUT2D eigenvalue weighted by molar-refractivity contribution is 0.145. The molecule has 0 aliphatic carbocycles. The van der Waals surface area contributed by atoms with Crippen LogP contribution in [0.1, 0.15) is 12.8 Å². The zero-order valence-electron chi connectivity index (χ0n) is 17.6. The van der Waals surface area contributed by atoms with Crippen LogP contribution in [0.3, 0.4) is 0 Å². The molecule has 1 saturated heterocycles. The number of amides is 2. The van der Waals surface area contributed by atoms with E-state index in [0.717, 1.165) is 48.6 Å². The van der Waals surface area contributed by atoms with Crippen molar-refractivity contribution in [3.8, 4) is 17.0 Å². The third kappa shape index (κ3) is 3.90. The smallest absolute Gasteiger partial charge is 0.323 e. The normalized spacial score (nSPS) is 15.7. The summed E-state index contributed by atoms with van der Waals surface area (Å²) in [6.07, 6.45) is 2.86. The fraction of sp³-hybridized carbons (Fsp3) is 0.261. The number of benzene rings is 2. The molecule has 2 aliphatic heterocycles. The van der Waals surface area contributed by atoms with Gasteiger partial charge in [0.15, 0.2) is 0 Å². The first-order valence-electron chi connectivity index (χ1n) is 10.5. The van der Waals surface area contributed by atoms with Crippen molar-refractivity contribution in [2.45, 2.75) is 18.9 Å². The Hall–Kier alpha value is -3.85. The van der Waals surface area contributed by atoms with E-state index >= 15 is 0 Å². The Labute approximate surface area is 185 Å². The Morgan fingerprint density at radius 1 is 1.12 bits per heavy atom. The maximum absolute atomic E-state index is 12.1. The number of hydrogen-bond donors (Lipinski definition) is 4. The largest absolute Gasteiger partial charge is 0.495 e. The molecule has 0 bridgehead atoms. The van der Waals surface area contributed by atoms with Crippen molar-refractivity contribution in [1.29, 1.82) is 0 Å². The molecule has 2 amide bonds. The minimum atomic E-state index is -0.328. The van der Waals surface area contributed by atoms with Gasteiger partial charge in [-0.2, -0.15) is 0 Å². The lowest BCUT2D eigenvalue weighted by atomic mass is 10.1. The molecule has 0 unspecified atom stereocenters. The van der Waals surface area contributed by atoms with Crippen LogP contribution in [0.2, 0.25) is 0 Å². The Kier molecular flexibility index (Phi) is 5.24. The molecule has 164 valence electrons. The van der Waals surface area contributed by atoms with Crippen LogP contribution in [0.25, 0.3) is 11.3 Å². The molecule has 4 N–H and O–H groups in total. The van der Waals surface area contributed by atoms with E-state index in [1.807, 2.05) is 42.5 Å². The number of para-hydroxylation sites is 1. The number of ether oxygens (including phenoxy) is 1. The van der Waals surface area contributed by atoms with Crippen LogP contribution >= 0.6 is 0 Å². The van der Waals surface area contributed by atoms with E-state index in [4.69, 9.17) is 4.74 Å². The summed E-state index contributed by atoms with van der Waals surface area (Å²) in [6, 6.07) is 13.0. The number of nitrogens with zero attached hydrogens (tertiary/aromatic N) is 3. The minimum absolute atomic E-state index is 0.228. The SMILES string of the molecule is COc1cc(Nc2ncc3c(n2)-c2ccccc2NC(=O)N3)ccc1N1CCC(O)CC1. The molecule has 5 rings (SSSR count). The number of urea groups is 1. The molecule has 1 aromatic heterocycles. The number of carbonyl (C=O) groups is 1. The number of anilines is 5. The molecule has 0 radical (unpaired) electrons. The number of aromatic nitrogens is 2. The summed E-state index contributed by atoms with van der Waals surface area (Å²) in [6.45, 7) is 1.58. The number of aliphatic hydroxyl groups is 1. The van der Waals surface area contributed by atoms with Gasteiger partial charge in [0.1, 0.15) is 11.4 Å². The molecular weight excluding hydrogens is 408 g/mol. The lowest BCUT2D eigenvalue weighted by Gasteiger charge is -2.32. The summed E-state index contributed by atoms with van der Waals surface area (Å²) in [4.78, 5) is 23.4. The van der Waals surface area contributed by atoms with Crippen LogP contribution < -0.4 is 25.6 Å². The predicted molar refractivity (Wildman–Crippen MR) is 124 cm³/mol. The highest BCUT2D eigenvalue weighted by atomic mass is 16.5. The van der Waals surface area contributed by atoms with Crippen molar-refractivity contribution in [3.63, 3.8) is 0 Å². The van der Waals surface area contributed by atoms with E-state index in [1.165, 1.54) is 0 Å². The fourth-order valence-electron chi connectivity index (χ4n) is 4.07. The highest BCUT2D eigenvalue weighted by molar-refractivity contribution is 6.07. The monoisotopic (exact) mass is 432 g/mol. The quantitative estimate of drug-likeness (QED) is 0.496. The molecule has 0 spiro atoms. The van der Waals surface area contributed by atoms with E-state index in [2.05, 4.69) is 30.8 Å². The van der Waals surface area contributed by atoms with Gasteiger partial charge in [-0.05, 0) is 31.0 Å². The first-order chi connectivity index (χ1) is 15.6. The number of methoxy groups -OCH3 is 1. The Morgan fingerprint density at radius 2 is 1.91 bits per heavy atom. The van der Waals surface area contributed by atoms with E-state index in [0.29, 0.717) is 23.0 Å². The van der Waals surface area contributed by atoms with Gasteiger partial charge in [-0.1, -0.05) is 18.2 Å². The second-order valence-corrected chi connectivity index (χ2v) is 7.81. The molecule has 0 atom stereocenters. The third-order valence-electron chi connectivity index (χ3n) is 5.71. The van der Waals surface area contributed by atoms with Crippen LogP contribution in [0.4, 0.5) is 33.5 Å². The number of carbonyl (C=O) groups excluding carboxylic acids is 1. The molecule has 9 heteroatoms. The van der Waals surface area contributed by atoms with Crippen LogP contribution in [-0.2, 0) is 0 Å². The number of piperidine rings is 1. The summed E-state index contributed by atoms with van der Waals surface area (Å²) in [5, 5.41) is 18.6. The van der Waals surface area contributed by atoms with Gasteiger partial charge >= 0.3 is 6.03 Å². The van der Waals surface area contributed by atoms with Gasteiger partial charge in [0.05, 0.1) is 36.5 Å². The Bertz CT molecular complexity index is 1160. The van der Waals surface area contributed by atoms with E-state index in [1.54, 1.807) is 13.3 Å². The van der Waals surface area contributed by atoms with Gasteiger partial charge < -0.3 is 30.7 Å². The molecule has 32 heavy (non-hydrogen) atoms. The van der Waals surface area contributed by atoms with Gasteiger partial charge in [-0.3, -0.25) is 0 Å². The highest BCUT2D eigenvalue weighted by Crippen LogP contribution is 2.36. The summed E-state index contributed by atoms with van der Waals surface area (Å²) < 4.78 is 5.63. The number of hydrogen-bond acceptors (Lipinski definition) is 7. The van der Waals surface area contributed by atoms with Gasteiger partial charge in [0, 0.05) is 30.4 Å². The van der Waals surface area contributed by atoms with Crippen LogP contribution in [0.5, 0.6) is 5.75 Å². The van der Waals surface area contributed by atoms with Crippen molar-refractivity contribution >= 4 is 34.7 Å². The average Bonchev–Trinajstić information content (AvgIpc) is 2.95. The van der Waals surface area contributed by atoms with Crippen molar-refractivity contribution < 1.29 is 14.6 Å². The van der Waals surface area contributed by atoms with Crippen molar-refractivity contribution in [1.82, 2.24) is 9.97 Å². The fourth-order valence-corrected chi connectivity index (χ4v) is 4.07. The Morgan fingerprint density at radius 3 is 2.72 bits per heavy atom. The molecule has 1 fully saturated rings. The van der Waals surface area contributed by atoms with Crippen molar-refractivity contribution in [3.05, 3.63) is 48.7 Å². The maximum Gasteiger partial charge on any atom is 0.323 e. The summed E-state index contributed by atoms with van der Waals surface area (Å²) in [7, 11) is 1.65. The average molecular weight is 432 g/mol. The number of aliphatic hydroxyl groups excluding tert-OH is 1. The van der Waals surface area contributed by atoms with Crippen LogP contribution in [0.15, 0.2) is 48.7 Å². The second kappa shape index (κ2) is 8.35. The summed E-state index contributed by atoms with van der Waals surface area (Å²) >= 11 is 0. The molecular formula is C23H24N6O3. The zero-order valence-corrected chi connectivity index (χ0v) is 17.6. The maximum atomic E-state index is 12.1. The number of nitrogens with one attached hydrogen (secondary N) is 3. The summed E-state index contributed by atoms with van der Waals surface area (Å²) in [5.41, 5.74) is 4.45. The number of fused-ring (bicyclic) bond motifs is 3. The number of rotatable bonds is 4. The van der Waals surface area contributed by atoms with Gasteiger partial charge in [0.2, 0.25) is 5.95 Å². The van der Waals surface area contributed by atoms with Gasteiger partial charge in [-0.25, -0.2) is 14.8 Å². The van der Waals surface area contributed by atoms with Gasteiger partial charge in [0.25, 0.3) is 0 Å². The molecule has 2 aromatic carbocycles. The minimum Gasteiger partial charge on any atom is -0.495 e. The van der Waals surface area contributed by atoms with Gasteiger partial charge in [-0.15, -0.1) is 0 Å². The van der Waals surface area contributed by atoms with Crippen molar-refractivity contribution in [2.75, 3.05) is 41.0 Å². The molecule has 3 aromatic rings. The van der Waals surface area contributed by atoms with E-state index in [9.17, 15) is 9.90 Å². The molecule has 9 nitrogen and oxygen atoms in total. The third-order valence-corrected chi connectivity index (χ3v) is 5.71. The predicted octanol–water partition coefficient (Wildman–Crippen LogP) is 3.81. The molecule has 3 heterocycles. The zero-order chi connectivity index (χ0) is 22.1. The lowest BCUT2D eigenvalue weighted by Crippen LogP contribution is -2.35. The topological polar surface area (TPSA) is 112 Å².